The molecule has 0 N–H and O–H groups in total. The molecule has 0 amide bonds. The molecule has 228 valence electrons. The summed E-state index contributed by atoms with van der Waals surface area (Å²) in [4.78, 5) is 10.7. The van der Waals surface area contributed by atoms with Crippen molar-refractivity contribution in [1.29, 1.82) is 0 Å². The third-order valence-corrected chi connectivity index (χ3v) is 9.80. The van der Waals surface area contributed by atoms with Crippen LogP contribution in [0, 0.1) is 0 Å². The van der Waals surface area contributed by atoms with Crippen LogP contribution in [0.4, 0.5) is 0 Å². The molecule has 0 aliphatic carbocycles. The van der Waals surface area contributed by atoms with Crippen LogP contribution >= 0.6 is 0 Å². The molecule has 0 radical (unpaired) electrons. The second-order valence-electron chi connectivity index (χ2n) is 12.6. The van der Waals surface area contributed by atoms with E-state index >= 15 is 0 Å². The van der Waals surface area contributed by atoms with Crippen molar-refractivity contribution < 1.29 is 0 Å². The van der Waals surface area contributed by atoms with Crippen molar-refractivity contribution in [2.24, 2.45) is 0 Å². The highest BCUT2D eigenvalue weighted by atomic mass is 15.2. The first-order valence-electron chi connectivity index (χ1n) is 16.7. The molecular formula is C46H29N3. The van der Waals surface area contributed by atoms with E-state index in [2.05, 4.69) is 180 Å². The summed E-state index contributed by atoms with van der Waals surface area (Å²) in [5, 5.41) is 9.86. The first-order valence-corrected chi connectivity index (χ1v) is 16.7. The zero-order chi connectivity index (χ0) is 32.3. The summed E-state index contributed by atoms with van der Waals surface area (Å²) in [6.07, 6.45) is 0. The Morgan fingerprint density at radius 1 is 0.286 bits per heavy atom. The van der Waals surface area contributed by atoms with Crippen LogP contribution in [0.25, 0.3) is 93.7 Å². The summed E-state index contributed by atoms with van der Waals surface area (Å²) in [7, 11) is 0. The fraction of sp³-hybridized carbons (Fsp3) is 0. The minimum atomic E-state index is 0.651. The standard InChI is InChI=1S/C46H29N3/c1-2-13-30(14-3-1)31-15-12-16-32(27-31)42-29-43(48-46(47-42)49-44-23-10-8-21-39(44)40-22-9-11-24-45(40)49)33-25-26-38-36-19-5-4-17-34(36)35-18-6-7-20-37(35)41(38)28-33/h1-29H. The Morgan fingerprint density at radius 2 is 0.735 bits per heavy atom. The summed E-state index contributed by atoms with van der Waals surface area (Å²) in [6, 6.07) is 62.6. The van der Waals surface area contributed by atoms with Crippen molar-refractivity contribution in [3.05, 3.63) is 176 Å². The maximum atomic E-state index is 5.35. The van der Waals surface area contributed by atoms with Gasteiger partial charge in [0.05, 0.1) is 22.4 Å². The van der Waals surface area contributed by atoms with E-state index in [1.807, 2.05) is 0 Å². The van der Waals surface area contributed by atoms with Gasteiger partial charge in [0.15, 0.2) is 0 Å². The number of rotatable bonds is 4. The summed E-state index contributed by atoms with van der Waals surface area (Å²) in [5.74, 6) is 0.651. The molecule has 0 spiro atoms. The van der Waals surface area contributed by atoms with Gasteiger partial charge in [-0.25, -0.2) is 9.97 Å². The molecular weight excluding hydrogens is 595 g/mol. The van der Waals surface area contributed by atoms with Crippen LogP contribution in [0.3, 0.4) is 0 Å². The third-order valence-electron chi connectivity index (χ3n) is 9.80. The topological polar surface area (TPSA) is 30.7 Å². The Balaban J connectivity index is 1.26. The molecule has 49 heavy (non-hydrogen) atoms. The van der Waals surface area contributed by atoms with Crippen LogP contribution in [0.15, 0.2) is 176 Å². The van der Waals surface area contributed by atoms with E-state index in [1.54, 1.807) is 0 Å². The minimum absolute atomic E-state index is 0.651. The Bertz CT molecular complexity index is 2790. The number of benzene rings is 8. The van der Waals surface area contributed by atoms with E-state index < -0.39 is 0 Å². The Labute approximate surface area is 283 Å². The minimum Gasteiger partial charge on any atom is -0.278 e. The van der Waals surface area contributed by atoms with Crippen LogP contribution in [0.5, 0.6) is 0 Å². The molecule has 0 fully saturated rings. The molecule has 0 aliphatic rings. The smallest absolute Gasteiger partial charge is 0.235 e. The van der Waals surface area contributed by atoms with Gasteiger partial charge in [0.1, 0.15) is 0 Å². The van der Waals surface area contributed by atoms with E-state index in [4.69, 9.17) is 9.97 Å². The van der Waals surface area contributed by atoms with Gasteiger partial charge in [-0.2, -0.15) is 0 Å². The lowest BCUT2D eigenvalue weighted by Crippen LogP contribution is -2.04. The van der Waals surface area contributed by atoms with Gasteiger partial charge < -0.3 is 0 Å². The van der Waals surface area contributed by atoms with E-state index in [0.29, 0.717) is 5.95 Å². The molecule has 2 aromatic heterocycles. The highest BCUT2D eigenvalue weighted by Crippen LogP contribution is 2.38. The zero-order valence-corrected chi connectivity index (χ0v) is 26.6. The lowest BCUT2D eigenvalue weighted by atomic mass is 9.92. The second-order valence-corrected chi connectivity index (χ2v) is 12.6. The van der Waals surface area contributed by atoms with E-state index in [0.717, 1.165) is 39.1 Å². The number of aromatic nitrogens is 3. The monoisotopic (exact) mass is 623 g/mol. The molecule has 2 heterocycles. The normalized spacial score (nSPS) is 11.7. The molecule has 0 atom stereocenters. The maximum absolute atomic E-state index is 5.35. The number of fused-ring (bicyclic) bond motifs is 9. The molecule has 0 unspecified atom stereocenters. The van der Waals surface area contributed by atoms with Gasteiger partial charge in [0.2, 0.25) is 5.95 Å². The van der Waals surface area contributed by atoms with Gasteiger partial charge in [-0.1, -0.05) is 146 Å². The van der Waals surface area contributed by atoms with Crippen molar-refractivity contribution in [2.45, 2.75) is 0 Å². The molecule has 10 rings (SSSR count). The summed E-state index contributed by atoms with van der Waals surface area (Å²) >= 11 is 0. The Hall–Kier alpha value is -6.58. The quantitative estimate of drug-likeness (QED) is 0.183. The summed E-state index contributed by atoms with van der Waals surface area (Å²) in [6.45, 7) is 0. The average molecular weight is 624 g/mol. The van der Waals surface area contributed by atoms with Gasteiger partial charge in [0.25, 0.3) is 0 Å². The number of para-hydroxylation sites is 2. The first kappa shape index (κ1) is 27.5. The van der Waals surface area contributed by atoms with Crippen molar-refractivity contribution in [3.63, 3.8) is 0 Å². The predicted molar refractivity (Wildman–Crippen MR) is 205 cm³/mol. The highest BCUT2D eigenvalue weighted by molar-refractivity contribution is 6.25. The van der Waals surface area contributed by atoms with E-state index in [-0.39, 0.29) is 0 Å². The predicted octanol–water partition coefficient (Wildman–Crippen LogP) is 12.0. The van der Waals surface area contributed by atoms with Gasteiger partial charge in [0, 0.05) is 21.9 Å². The van der Waals surface area contributed by atoms with Gasteiger partial charge in [-0.05, 0) is 73.8 Å². The zero-order valence-electron chi connectivity index (χ0n) is 26.6. The van der Waals surface area contributed by atoms with Crippen LogP contribution in [-0.2, 0) is 0 Å². The summed E-state index contributed by atoms with van der Waals surface area (Å²) in [5.41, 5.74) is 8.36. The highest BCUT2D eigenvalue weighted by Gasteiger charge is 2.18. The van der Waals surface area contributed by atoms with Gasteiger partial charge in [-0.15, -0.1) is 0 Å². The SMILES string of the molecule is c1ccc(-c2cccc(-c3cc(-c4ccc5c6ccccc6c6ccccc6c5c4)nc(-n4c5ccccc5c5ccccc54)n3)c2)cc1. The average Bonchev–Trinajstić information content (AvgIpc) is 3.52. The lowest BCUT2D eigenvalue weighted by molar-refractivity contribution is 0.996. The van der Waals surface area contributed by atoms with Crippen LogP contribution < -0.4 is 0 Å². The fourth-order valence-corrected chi connectivity index (χ4v) is 7.52. The molecule has 0 saturated carbocycles. The Kier molecular flexibility index (Phi) is 6.18. The number of nitrogens with zero attached hydrogens (tertiary/aromatic N) is 3. The summed E-state index contributed by atoms with van der Waals surface area (Å²) < 4.78 is 2.21. The van der Waals surface area contributed by atoms with Crippen molar-refractivity contribution in [1.82, 2.24) is 14.5 Å². The van der Waals surface area contributed by atoms with Crippen LogP contribution in [0.2, 0.25) is 0 Å². The van der Waals surface area contributed by atoms with E-state index in [1.165, 1.54) is 48.7 Å². The van der Waals surface area contributed by atoms with Gasteiger partial charge >= 0.3 is 0 Å². The van der Waals surface area contributed by atoms with Crippen molar-refractivity contribution >= 4 is 54.1 Å². The molecule has 3 nitrogen and oxygen atoms in total. The molecule has 0 aliphatic heterocycles. The lowest BCUT2D eigenvalue weighted by Gasteiger charge is -2.14. The first-order chi connectivity index (χ1) is 24.3. The Morgan fingerprint density at radius 3 is 1.35 bits per heavy atom. The van der Waals surface area contributed by atoms with Crippen molar-refractivity contribution in [2.75, 3.05) is 0 Å². The molecule has 3 heteroatoms. The largest absolute Gasteiger partial charge is 0.278 e. The van der Waals surface area contributed by atoms with Gasteiger partial charge in [-0.3, -0.25) is 4.57 Å². The third kappa shape index (κ3) is 4.44. The second kappa shape index (κ2) is 11.0. The van der Waals surface area contributed by atoms with E-state index in [9.17, 15) is 0 Å². The molecule has 8 aromatic carbocycles. The molecule has 10 aromatic rings. The molecule has 0 saturated heterocycles. The van der Waals surface area contributed by atoms with Crippen molar-refractivity contribution in [3.8, 4) is 39.6 Å². The maximum Gasteiger partial charge on any atom is 0.235 e. The fourth-order valence-electron chi connectivity index (χ4n) is 7.52. The van der Waals surface area contributed by atoms with Crippen LogP contribution in [0.1, 0.15) is 0 Å². The molecule has 0 bridgehead atoms. The number of hydrogen-bond acceptors (Lipinski definition) is 2. The number of hydrogen-bond donors (Lipinski definition) is 0. The van der Waals surface area contributed by atoms with Crippen LogP contribution in [-0.4, -0.2) is 14.5 Å².